The summed E-state index contributed by atoms with van der Waals surface area (Å²) in [5.74, 6) is -1.05. The highest BCUT2D eigenvalue weighted by atomic mass is 35.5. The highest BCUT2D eigenvalue weighted by molar-refractivity contribution is 6.30. The molecule has 7 heteroatoms. The van der Waals surface area contributed by atoms with Gasteiger partial charge in [0.1, 0.15) is 11.9 Å². The van der Waals surface area contributed by atoms with E-state index in [-0.39, 0.29) is 10.7 Å². The maximum Gasteiger partial charge on any atom is 0.405 e. The zero-order valence-electron chi connectivity index (χ0n) is 9.90. The molecule has 1 aromatic rings. The molecule has 0 bridgehead atoms. The minimum atomic E-state index is -1.27. The van der Waals surface area contributed by atoms with Gasteiger partial charge in [-0.2, -0.15) is 0 Å². The fraction of sp³-hybridized carbons (Fsp3) is 0.333. The monoisotopic (exact) mass is 286 g/mol. The van der Waals surface area contributed by atoms with Gasteiger partial charge in [0.05, 0.1) is 5.69 Å². The summed E-state index contributed by atoms with van der Waals surface area (Å²) in [5, 5.41) is 11.0. The Morgan fingerprint density at radius 3 is 2.89 bits per heavy atom. The molecule has 1 saturated heterocycles. The molecule has 0 aromatic heterocycles. The van der Waals surface area contributed by atoms with Gasteiger partial charge in [-0.05, 0) is 31.0 Å². The highest BCUT2D eigenvalue weighted by Gasteiger charge is 2.31. The number of hydrogen-bond acceptors (Lipinski definition) is 2. The van der Waals surface area contributed by atoms with Gasteiger partial charge in [0.15, 0.2) is 0 Å². The first-order chi connectivity index (χ1) is 8.99. The smallest absolute Gasteiger partial charge is 0.405 e. The van der Waals surface area contributed by atoms with Crippen molar-refractivity contribution in [2.45, 2.75) is 18.9 Å². The number of carboxylic acid groups (broad SMARTS) is 1. The number of nitrogens with one attached hydrogen (secondary N) is 1. The number of nitrogens with zero attached hydrogens (tertiary/aromatic N) is 1. The lowest BCUT2D eigenvalue weighted by Gasteiger charge is -2.32. The van der Waals surface area contributed by atoms with Crippen LogP contribution < -0.4 is 10.2 Å². The lowest BCUT2D eigenvalue weighted by Crippen LogP contribution is -2.52. The van der Waals surface area contributed by atoms with Gasteiger partial charge in [0.2, 0.25) is 5.91 Å². The number of benzene rings is 1. The summed E-state index contributed by atoms with van der Waals surface area (Å²) >= 11 is 5.66. The number of anilines is 1. The van der Waals surface area contributed by atoms with Gasteiger partial charge in [-0.25, -0.2) is 9.18 Å². The minimum absolute atomic E-state index is 0.117. The summed E-state index contributed by atoms with van der Waals surface area (Å²) in [6, 6.07) is 3.19. The number of halogens is 2. The van der Waals surface area contributed by atoms with E-state index in [1.165, 1.54) is 17.0 Å². The SMILES string of the molecule is O=C(O)NC1CCCN(c2ccc(Cl)cc2F)C1=O. The number of piperidine rings is 1. The third-order valence-electron chi connectivity index (χ3n) is 2.94. The first-order valence-electron chi connectivity index (χ1n) is 5.75. The van der Waals surface area contributed by atoms with Crippen LogP contribution in [0.5, 0.6) is 0 Å². The van der Waals surface area contributed by atoms with E-state index in [1.54, 1.807) is 0 Å². The van der Waals surface area contributed by atoms with Crippen molar-refractivity contribution in [1.29, 1.82) is 0 Å². The van der Waals surface area contributed by atoms with Crippen LogP contribution in [0.3, 0.4) is 0 Å². The predicted molar refractivity (Wildman–Crippen MR) is 67.9 cm³/mol. The molecule has 2 amide bonds. The summed E-state index contributed by atoms with van der Waals surface area (Å²) in [4.78, 5) is 23.9. The molecule has 1 atom stereocenters. The van der Waals surface area contributed by atoms with Gasteiger partial charge in [0, 0.05) is 11.6 Å². The molecule has 1 unspecified atom stereocenters. The average Bonchev–Trinajstić information content (AvgIpc) is 2.32. The highest BCUT2D eigenvalue weighted by Crippen LogP contribution is 2.26. The van der Waals surface area contributed by atoms with Gasteiger partial charge >= 0.3 is 6.09 Å². The summed E-state index contributed by atoms with van der Waals surface area (Å²) < 4.78 is 13.8. The van der Waals surface area contributed by atoms with Crippen molar-refractivity contribution in [2.24, 2.45) is 0 Å². The molecule has 0 saturated carbocycles. The zero-order valence-corrected chi connectivity index (χ0v) is 10.7. The molecule has 2 N–H and O–H groups in total. The number of carbonyl (C=O) groups is 2. The summed E-state index contributed by atoms with van der Waals surface area (Å²) in [7, 11) is 0. The molecule has 1 fully saturated rings. The van der Waals surface area contributed by atoms with E-state index in [1.807, 2.05) is 0 Å². The number of carbonyl (C=O) groups excluding carboxylic acids is 1. The molecule has 102 valence electrons. The predicted octanol–water partition coefficient (Wildman–Crippen LogP) is 2.24. The second-order valence-corrected chi connectivity index (χ2v) is 4.67. The Morgan fingerprint density at radius 2 is 2.26 bits per heavy atom. The summed E-state index contributed by atoms with van der Waals surface area (Å²) in [6.07, 6.45) is -0.257. The second-order valence-electron chi connectivity index (χ2n) is 4.23. The van der Waals surface area contributed by atoms with Gasteiger partial charge in [-0.1, -0.05) is 11.6 Å². The first kappa shape index (κ1) is 13.6. The van der Waals surface area contributed by atoms with Crippen molar-refractivity contribution >= 4 is 29.3 Å². The van der Waals surface area contributed by atoms with E-state index in [4.69, 9.17) is 16.7 Å². The molecule has 2 rings (SSSR count). The van der Waals surface area contributed by atoms with Crippen molar-refractivity contribution in [3.63, 3.8) is 0 Å². The van der Waals surface area contributed by atoms with Crippen LogP contribution in [0.1, 0.15) is 12.8 Å². The maximum atomic E-state index is 13.8. The molecule has 1 aliphatic heterocycles. The van der Waals surface area contributed by atoms with E-state index in [0.29, 0.717) is 19.4 Å². The Kier molecular flexibility index (Phi) is 3.90. The minimum Gasteiger partial charge on any atom is -0.465 e. The van der Waals surface area contributed by atoms with Gasteiger partial charge < -0.3 is 15.3 Å². The largest absolute Gasteiger partial charge is 0.465 e. The zero-order chi connectivity index (χ0) is 14.0. The van der Waals surface area contributed by atoms with E-state index in [9.17, 15) is 14.0 Å². The number of rotatable bonds is 2. The lowest BCUT2D eigenvalue weighted by atomic mass is 10.0. The van der Waals surface area contributed by atoms with Crippen LogP contribution in [-0.2, 0) is 4.79 Å². The van der Waals surface area contributed by atoms with Crippen molar-refractivity contribution in [3.05, 3.63) is 29.0 Å². The quantitative estimate of drug-likeness (QED) is 0.876. The Balaban J connectivity index is 2.24. The van der Waals surface area contributed by atoms with Crippen LogP contribution in [0, 0.1) is 5.82 Å². The molecule has 0 aliphatic carbocycles. The third kappa shape index (κ3) is 2.96. The van der Waals surface area contributed by atoms with E-state index >= 15 is 0 Å². The topological polar surface area (TPSA) is 69.6 Å². The first-order valence-corrected chi connectivity index (χ1v) is 6.12. The van der Waals surface area contributed by atoms with Gasteiger partial charge in [0.25, 0.3) is 0 Å². The molecule has 5 nitrogen and oxygen atoms in total. The molecule has 0 radical (unpaired) electrons. The Bertz CT molecular complexity index is 524. The van der Waals surface area contributed by atoms with Crippen LogP contribution in [0.15, 0.2) is 18.2 Å². The van der Waals surface area contributed by atoms with Crippen molar-refractivity contribution < 1.29 is 19.1 Å². The van der Waals surface area contributed by atoms with Gasteiger partial charge in [-0.15, -0.1) is 0 Å². The summed E-state index contributed by atoms with van der Waals surface area (Å²) in [6.45, 7) is 0.356. The van der Waals surface area contributed by atoms with Crippen molar-refractivity contribution in [2.75, 3.05) is 11.4 Å². The lowest BCUT2D eigenvalue weighted by molar-refractivity contribution is -0.121. The molecule has 1 aromatic carbocycles. The summed E-state index contributed by atoms with van der Waals surface area (Å²) in [5.41, 5.74) is 0.117. The Labute approximate surface area is 114 Å². The average molecular weight is 287 g/mol. The van der Waals surface area contributed by atoms with Crippen LogP contribution >= 0.6 is 11.6 Å². The third-order valence-corrected chi connectivity index (χ3v) is 3.17. The van der Waals surface area contributed by atoms with Crippen LogP contribution in [0.2, 0.25) is 5.02 Å². The molecular formula is C12H12ClFN2O3. The Hall–Kier alpha value is -1.82. The van der Waals surface area contributed by atoms with Gasteiger partial charge in [-0.3, -0.25) is 4.79 Å². The van der Waals surface area contributed by atoms with E-state index < -0.39 is 23.9 Å². The van der Waals surface area contributed by atoms with Crippen LogP contribution in [-0.4, -0.2) is 29.7 Å². The molecular weight excluding hydrogens is 275 g/mol. The second kappa shape index (κ2) is 5.44. The fourth-order valence-corrected chi connectivity index (χ4v) is 2.26. The van der Waals surface area contributed by atoms with Crippen molar-refractivity contribution in [3.8, 4) is 0 Å². The van der Waals surface area contributed by atoms with Crippen LogP contribution in [0.4, 0.5) is 14.9 Å². The molecule has 1 aliphatic rings. The molecule has 19 heavy (non-hydrogen) atoms. The maximum absolute atomic E-state index is 13.8. The molecule has 0 spiro atoms. The van der Waals surface area contributed by atoms with Crippen LogP contribution in [0.25, 0.3) is 0 Å². The standard InChI is InChI=1S/C12H12ClFN2O3/c13-7-3-4-10(8(14)6-7)16-5-1-2-9(11(16)17)15-12(18)19/h3-4,6,9,15H,1-2,5H2,(H,18,19). The normalized spacial score (nSPS) is 19.4. The fourth-order valence-electron chi connectivity index (χ4n) is 2.10. The number of amides is 2. The molecule has 1 heterocycles. The number of hydrogen-bond donors (Lipinski definition) is 2. The van der Waals surface area contributed by atoms with E-state index in [0.717, 1.165) is 6.07 Å². The van der Waals surface area contributed by atoms with E-state index in [2.05, 4.69) is 5.32 Å². The Morgan fingerprint density at radius 1 is 1.53 bits per heavy atom. The van der Waals surface area contributed by atoms with Crippen molar-refractivity contribution in [1.82, 2.24) is 5.32 Å².